The summed E-state index contributed by atoms with van der Waals surface area (Å²) in [6, 6.07) is 2.27. The molecule has 0 aliphatic heterocycles. The Labute approximate surface area is 290 Å². The van der Waals surface area contributed by atoms with Crippen molar-refractivity contribution in [2.75, 3.05) is 0 Å². The molecule has 0 nitrogen and oxygen atoms in total. The number of allylic oxidation sites excluding steroid dienone is 4. The number of rotatable bonds is 4. The van der Waals surface area contributed by atoms with Crippen molar-refractivity contribution in [3.63, 3.8) is 0 Å². The summed E-state index contributed by atoms with van der Waals surface area (Å²) < 4.78 is 185. The summed E-state index contributed by atoms with van der Waals surface area (Å²) in [6.45, 7) is 8.25. The van der Waals surface area contributed by atoms with Crippen molar-refractivity contribution in [2.45, 2.75) is 77.1 Å². The van der Waals surface area contributed by atoms with Crippen LogP contribution in [0.15, 0.2) is 12.1 Å². The van der Waals surface area contributed by atoms with Gasteiger partial charge in [-0.15, -0.1) is 56.7 Å². The molecule has 0 aromatic carbocycles. The lowest BCUT2D eigenvalue weighted by Gasteiger charge is -2.25. The van der Waals surface area contributed by atoms with E-state index in [1.54, 1.807) is 0 Å². The summed E-state index contributed by atoms with van der Waals surface area (Å²) in [5.41, 5.74) is -7.19. The van der Waals surface area contributed by atoms with Gasteiger partial charge in [0.25, 0.3) is 0 Å². The second-order valence-electron chi connectivity index (χ2n) is 12.1. The predicted molar refractivity (Wildman–Crippen MR) is 175 cm³/mol. The lowest BCUT2D eigenvalue weighted by Crippen LogP contribution is -2.48. The zero-order chi connectivity index (χ0) is 36.3. The molecule has 262 valence electrons. The van der Waals surface area contributed by atoms with Crippen LogP contribution in [0.5, 0.6) is 0 Å². The summed E-state index contributed by atoms with van der Waals surface area (Å²) >= 11 is 3.67. The summed E-state index contributed by atoms with van der Waals surface area (Å²) in [5.74, 6) is -32.8. The minimum absolute atomic E-state index is 0.0480. The average Bonchev–Trinajstić information content (AvgIpc) is 3.77. The Morgan fingerprint density at radius 1 is 0.388 bits per heavy atom. The van der Waals surface area contributed by atoms with Gasteiger partial charge in [-0.05, 0) is 75.9 Å². The van der Waals surface area contributed by atoms with Crippen molar-refractivity contribution in [3.8, 4) is 0 Å². The minimum Gasteiger partial charge on any atom is -0.194 e. The first kappa shape index (κ1) is 35.1. The Kier molecular flexibility index (Phi) is 7.28. The standard InChI is InChI=1S/C32H20F12S5/c1-9-7-15(13(5)45-9)17-19(29(37,38)31(41,42)27(17,33)34)21-11(3)23-25(47-21)26-24(49-23)12(4)22(48-26)20-18(16-8-10(2)46-14(16)6)28(35,36)32(43,44)30(20,39)40/h7-8H,1-6H3. The molecule has 5 aromatic heterocycles. The first-order valence-electron chi connectivity index (χ1n) is 14.2. The SMILES string of the molecule is Cc1cc(C2=C(c3sc4c(sc5c(C)c(C6=C(c7cc(C)sc7C)C(F)(F)C(F)(F)C6(F)F)sc54)c3C)C(F)(F)C(F)(F)C2(F)F)c(C)s1. The molecule has 0 fully saturated rings. The first-order chi connectivity index (χ1) is 22.3. The highest BCUT2D eigenvalue weighted by atomic mass is 32.1. The van der Waals surface area contributed by atoms with Crippen LogP contribution in [-0.2, 0) is 0 Å². The highest BCUT2D eigenvalue weighted by molar-refractivity contribution is 7.39. The molecule has 0 atom stereocenters. The number of hydrogen-bond donors (Lipinski definition) is 0. The molecule has 0 amide bonds. The third-order valence-electron chi connectivity index (χ3n) is 9.00. The molecule has 17 heteroatoms. The third-order valence-corrected chi connectivity index (χ3v) is 15.4. The minimum atomic E-state index is -5.80. The topological polar surface area (TPSA) is 0 Å². The predicted octanol–water partition coefficient (Wildman–Crippen LogP) is 13.8. The van der Waals surface area contributed by atoms with Crippen molar-refractivity contribution in [2.24, 2.45) is 0 Å². The lowest BCUT2D eigenvalue weighted by molar-refractivity contribution is -0.254. The van der Waals surface area contributed by atoms with Gasteiger partial charge in [0.15, 0.2) is 0 Å². The normalized spacial score (nSPS) is 22.1. The summed E-state index contributed by atoms with van der Waals surface area (Å²) in [5, 5.41) is 0. The zero-order valence-electron chi connectivity index (χ0n) is 25.7. The van der Waals surface area contributed by atoms with Crippen LogP contribution in [0, 0.1) is 41.5 Å². The number of aryl methyl sites for hydroxylation is 6. The highest BCUT2D eigenvalue weighted by Crippen LogP contribution is 2.69. The van der Waals surface area contributed by atoms with Gasteiger partial charge < -0.3 is 0 Å². The second kappa shape index (κ2) is 10.2. The maximum atomic E-state index is 15.6. The fraction of sp³-hybridized carbons (Fsp3) is 0.375. The number of fused-ring (bicyclic) bond motifs is 3. The molecule has 0 bridgehead atoms. The average molecular weight is 793 g/mol. The van der Waals surface area contributed by atoms with Gasteiger partial charge in [-0.1, -0.05) is 0 Å². The van der Waals surface area contributed by atoms with Gasteiger partial charge in [0.2, 0.25) is 0 Å². The van der Waals surface area contributed by atoms with E-state index in [0.717, 1.165) is 46.1 Å². The van der Waals surface area contributed by atoms with Gasteiger partial charge in [-0.25, -0.2) is 0 Å². The maximum absolute atomic E-state index is 15.6. The lowest BCUT2D eigenvalue weighted by atomic mass is 9.97. The van der Waals surface area contributed by atoms with E-state index in [1.165, 1.54) is 41.5 Å². The van der Waals surface area contributed by atoms with Crippen LogP contribution in [0.3, 0.4) is 0 Å². The van der Waals surface area contributed by atoms with E-state index in [2.05, 4.69) is 0 Å². The van der Waals surface area contributed by atoms with E-state index in [9.17, 15) is 17.6 Å². The molecule has 5 heterocycles. The quantitative estimate of drug-likeness (QED) is 0.159. The van der Waals surface area contributed by atoms with Gasteiger partial charge in [0.05, 0.1) is 29.9 Å². The van der Waals surface area contributed by atoms with E-state index >= 15 is 35.1 Å². The fourth-order valence-electron chi connectivity index (χ4n) is 6.65. The molecule has 0 radical (unpaired) electrons. The molecule has 49 heavy (non-hydrogen) atoms. The molecule has 2 aliphatic carbocycles. The molecule has 0 N–H and O–H groups in total. The van der Waals surface area contributed by atoms with E-state index in [-0.39, 0.29) is 39.7 Å². The largest absolute Gasteiger partial charge is 0.380 e. The Bertz CT molecular complexity index is 2160. The van der Waals surface area contributed by atoms with Crippen LogP contribution in [0.2, 0.25) is 0 Å². The molecule has 5 aromatic rings. The number of thiophene rings is 5. The van der Waals surface area contributed by atoms with Gasteiger partial charge in [-0.3, -0.25) is 0 Å². The van der Waals surface area contributed by atoms with E-state index in [4.69, 9.17) is 0 Å². The van der Waals surface area contributed by atoms with Crippen molar-refractivity contribution >= 4 is 97.8 Å². The van der Waals surface area contributed by atoms with Crippen LogP contribution in [0.4, 0.5) is 52.7 Å². The smallest absolute Gasteiger partial charge is 0.194 e. The highest BCUT2D eigenvalue weighted by Gasteiger charge is 2.82. The van der Waals surface area contributed by atoms with E-state index < -0.39 is 78.7 Å². The summed E-state index contributed by atoms with van der Waals surface area (Å²) in [4.78, 5) is -0.0964. The van der Waals surface area contributed by atoms with E-state index in [1.807, 2.05) is 0 Å². The Morgan fingerprint density at radius 3 is 0.980 bits per heavy atom. The molecule has 0 saturated carbocycles. The summed E-state index contributed by atoms with van der Waals surface area (Å²) in [6.07, 6.45) is 0. The van der Waals surface area contributed by atoms with Crippen LogP contribution in [0.1, 0.15) is 51.5 Å². The Balaban J connectivity index is 1.53. The Hall–Kier alpha value is -2.34. The number of alkyl halides is 12. The first-order valence-corrected chi connectivity index (χ1v) is 18.3. The number of hydrogen-bond acceptors (Lipinski definition) is 5. The molecule has 0 unspecified atom stereocenters. The van der Waals surface area contributed by atoms with Gasteiger partial charge in [-0.2, -0.15) is 52.7 Å². The molecule has 7 rings (SSSR count). The maximum Gasteiger partial charge on any atom is 0.380 e. The van der Waals surface area contributed by atoms with Crippen LogP contribution in [-0.4, -0.2) is 35.5 Å². The monoisotopic (exact) mass is 792 g/mol. The molecular weight excluding hydrogens is 773 g/mol. The zero-order valence-corrected chi connectivity index (χ0v) is 29.8. The van der Waals surface area contributed by atoms with Crippen LogP contribution >= 0.6 is 56.7 Å². The van der Waals surface area contributed by atoms with Gasteiger partial charge >= 0.3 is 35.5 Å². The van der Waals surface area contributed by atoms with Crippen molar-refractivity contribution in [1.29, 1.82) is 0 Å². The van der Waals surface area contributed by atoms with Gasteiger partial charge in [0, 0.05) is 40.4 Å². The molecule has 0 spiro atoms. The summed E-state index contributed by atoms with van der Waals surface area (Å²) in [7, 11) is 0. The second-order valence-corrected chi connectivity index (χ2v) is 18.1. The molecular formula is C32H20F12S5. The van der Waals surface area contributed by atoms with E-state index in [0.29, 0.717) is 32.4 Å². The third kappa shape index (κ3) is 4.10. The Morgan fingerprint density at radius 2 is 0.694 bits per heavy atom. The molecule has 2 aliphatic rings. The van der Waals surface area contributed by atoms with Gasteiger partial charge in [0.1, 0.15) is 0 Å². The van der Waals surface area contributed by atoms with Crippen molar-refractivity contribution in [3.05, 3.63) is 63.6 Å². The van der Waals surface area contributed by atoms with Crippen LogP contribution in [0.25, 0.3) is 41.1 Å². The number of halogens is 12. The molecule has 0 saturated heterocycles. The fourth-order valence-corrected chi connectivity index (χ4v) is 13.1. The van der Waals surface area contributed by atoms with Crippen molar-refractivity contribution < 1.29 is 52.7 Å². The van der Waals surface area contributed by atoms with Crippen LogP contribution < -0.4 is 0 Å². The van der Waals surface area contributed by atoms with Crippen molar-refractivity contribution in [1.82, 2.24) is 0 Å².